The van der Waals surface area contributed by atoms with Crippen molar-refractivity contribution < 1.29 is 14.3 Å². The maximum atomic E-state index is 12.3. The van der Waals surface area contributed by atoms with Crippen LogP contribution < -0.4 is 14.9 Å². The van der Waals surface area contributed by atoms with Crippen LogP contribution in [-0.2, 0) is 4.79 Å². The summed E-state index contributed by atoms with van der Waals surface area (Å²) in [7, 11) is 0. The molecule has 1 atom stereocenters. The Labute approximate surface area is 148 Å². The molecule has 126 valence electrons. The molecule has 1 aliphatic rings. The van der Waals surface area contributed by atoms with Crippen LogP contribution in [0.25, 0.3) is 10.8 Å². The van der Waals surface area contributed by atoms with E-state index >= 15 is 0 Å². The van der Waals surface area contributed by atoms with Crippen molar-refractivity contribution in [3.63, 3.8) is 0 Å². The number of aryl methyl sites for hydroxylation is 1. The lowest BCUT2D eigenvalue weighted by molar-refractivity contribution is -0.130. The van der Waals surface area contributed by atoms with Crippen LogP contribution in [0.5, 0.6) is 11.5 Å². The highest BCUT2D eigenvalue weighted by Crippen LogP contribution is 2.35. The minimum atomic E-state index is -0.727. The van der Waals surface area contributed by atoms with E-state index in [2.05, 4.69) is 10.5 Å². The van der Waals surface area contributed by atoms with E-state index in [4.69, 9.17) is 9.47 Å². The molecule has 3 aromatic rings. The molecule has 2 aromatic carbocycles. The Morgan fingerprint density at radius 2 is 2.00 bits per heavy atom. The van der Waals surface area contributed by atoms with E-state index in [-0.39, 0.29) is 12.5 Å². The minimum absolute atomic E-state index is 0.157. The Morgan fingerprint density at radius 1 is 1.24 bits per heavy atom. The highest BCUT2D eigenvalue weighted by Gasteiger charge is 2.27. The maximum absolute atomic E-state index is 12.3. The van der Waals surface area contributed by atoms with Gasteiger partial charge in [-0.1, -0.05) is 24.3 Å². The molecular formula is C19H16N2O3S. The van der Waals surface area contributed by atoms with Crippen LogP contribution >= 0.6 is 11.3 Å². The summed E-state index contributed by atoms with van der Waals surface area (Å²) in [5.74, 6) is 0.896. The maximum Gasteiger partial charge on any atom is 0.284 e. The summed E-state index contributed by atoms with van der Waals surface area (Å²) in [5, 5.41) is 8.10. The van der Waals surface area contributed by atoms with Crippen LogP contribution in [0.3, 0.4) is 0 Å². The molecule has 0 saturated carbocycles. The second kappa shape index (κ2) is 6.57. The molecular weight excluding hydrogens is 336 g/mol. The lowest BCUT2D eigenvalue weighted by atomic mass is 10.1. The quantitative estimate of drug-likeness (QED) is 0.580. The number of thiophene rings is 1. The number of hydrogen-bond donors (Lipinski definition) is 1. The summed E-state index contributed by atoms with van der Waals surface area (Å²) < 4.78 is 11.5. The number of hydrazone groups is 1. The number of nitrogens with one attached hydrogen (secondary N) is 1. The zero-order chi connectivity index (χ0) is 17.2. The van der Waals surface area contributed by atoms with Crippen molar-refractivity contribution in [1.82, 2.24) is 5.43 Å². The molecule has 2 heterocycles. The molecule has 0 bridgehead atoms. The zero-order valence-corrected chi connectivity index (χ0v) is 14.4. The van der Waals surface area contributed by atoms with E-state index in [9.17, 15) is 4.79 Å². The fourth-order valence-corrected chi connectivity index (χ4v) is 3.41. The van der Waals surface area contributed by atoms with Gasteiger partial charge in [0.2, 0.25) is 6.10 Å². The normalized spacial score (nSPS) is 16.3. The first kappa shape index (κ1) is 15.7. The summed E-state index contributed by atoms with van der Waals surface area (Å²) in [5.41, 5.74) is 3.64. The van der Waals surface area contributed by atoms with Crippen molar-refractivity contribution in [2.45, 2.75) is 13.0 Å². The monoisotopic (exact) mass is 352 g/mol. The third kappa shape index (κ3) is 3.21. The number of amides is 1. The molecule has 1 aliphatic heterocycles. The summed E-state index contributed by atoms with van der Waals surface area (Å²) >= 11 is 1.57. The van der Waals surface area contributed by atoms with Gasteiger partial charge in [0.05, 0.1) is 6.21 Å². The van der Waals surface area contributed by atoms with E-state index in [1.807, 2.05) is 54.8 Å². The Morgan fingerprint density at radius 3 is 2.72 bits per heavy atom. The zero-order valence-electron chi connectivity index (χ0n) is 13.6. The van der Waals surface area contributed by atoms with Gasteiger partial charge < -0.3 is 9.47 Å². The van der Waals surface area contributed by atoms with Gasteiger partial charge in [-0.3, -0.25) is 4.79 Å². The second-order valence-electron chi connectivity index (χ2n) is 5.77. The fourth-order valence-electron chi connectivity index (χ4n) is 2.63. The second-order valence-corrected chi connectivity index (χ2v) is 6.71. The van der Waals surface area contributed by atoms with Gasteiger partial charge in [-0.05, 0) is 46.8 Å². The van der Waals surface area contributed by atoms with Gasteiger partial charge >= 0.3 is 0 Å². The lowest BCUT2D eigenvalue weighted by Gasteiger charge is -2.25. The third-order valence-corrected chi connectivity index (χ3v) is 4.98. The van der Waals surface area contributed by atoms with E-state index in [0.717, 1.165) is 21.2 Å². The molecule has 1 N–H and O–H groups in total. The molecule has 0 aliphatic carbocycles. The highest BCUT2D eigenvalue weighted by atomic mass is 32.1. The highest BCUT2D eigenvalue weighted by molar-refractivity contribution is 7.11. The Kier molecular flexibility index (Phi) is 4.11. The topological polar surface area (TPSA) is 59.9 Å². The van der Waals surface area contributed by atoms with Crippen LogP contribution in [0.2, 0.25) is 0 Å². The summed E-state index contributed by atoms with van der Waals surface area (Å²) in [6.07, 6.45) is 0.915. The average Bonchev–Trinajstić information content (AvgIpc) is 3.04. The van der Waals surface area contributed by atoms with Crippen LogP contribution in [0.15, 0.2) is 52.9 Å². The largest absolute Gasteiger partial charge is 0.485 e. The minimum Gasteiger partial charge on any atom is -0.485 e. The van der Waals surface area contributed by atoms with Gasteiger partial charge in [-0.2, -0.15) is 5.10 Å². The molecule has 6 heteroatoms. The number of benzene rings is 2. The number of carbonyl (C=O) groups is 1. The molecule has 0 spiro atoms. The van der Waals surface area contributed by atoms with E-state index < -0.39 is 6.10 Å². The predicted octanol–water partition coefficient (Wildman–Crippen LogP) is 3.50. The summed E-state index contributed by atoms with van der Waals surface area (Å²) in [6.45, 7) is 2.16. The van der Waals surface area contributed by atoms with E-state index in [1.54, 1.807) is 17.6 Å². The molecule has 0 unspecified atom stereocenters. The number of ether oxygens (including phenoxy) is 2. The number of hydrogen-bond acceptors (Lipinski definition) is 5. The standard InChI is InChI=1S/C19H16N2O3S/c1-12-6-7-25-18(12)10-20-21-19(22)17-11-23-15-8-13-4-2-3-5-14(13)9-16(15)24-17/h2-10,17H,11H2,1H3,(H,21,22)/b20-10+/t17-/m1/s1. The molecule has 0 fully saturated rings. The van der Waals surface area contributed by atoms with Gasteiger partial charge in [0, 0.05) is 4.88 Å². The average molecular weight is 352 g/mol. The molecule has 5 nitrogen and oxygen atoms in total. The van der Waals surface area contributed by atoms with Crippen LogP contribution in [0, 0.1) is 6.92 Å². The van der Waals surface area contributed by atoms with Gasteiger partial charge in [0.15, 0.2) is 11.5 Å². The fraction of sp³-hybridized carbons (Fsp3) is 0.158. The van der Waals surface area contributed by atoms with Gasteiger partial charge in [0.1, 0.15) is 6.61 Å². The van der Waals surface area contributed by atoms with Gasteiger partial charge in [0.25, 0.3) is 5.91 Å². The third-order valence-electron chi connectivity index (χ3n) is 4.02. The first-order valence-corrected chi connectivity index (χ1v) is 8.78. The molecule has 0 radical (unpaired) electrons. The molecule has 4 rings (SSSR count). The lowest BCUT2D eigenvalue weighted by Crippen LogP contribution is -2.42. The first-order chi connectivity index (χ1) is 12.2. The summed E-state index contributed by atoms with van der Waals surface area (Å²) in [4.78, 5) is 13.3. The van der Waals surface area contributed by atoms with Crippen molar-refractivity contribution in [3.05, 3.63) is 58.3 Å². The SMILES string of the molecule is Cc1ccsc1/C=N/NC(=O)[C@H]1COc2cc3ccccc3cc2O1. The first-order valence-electron chi connectivity index (χ1n) is 7.90. The molecule has 1 amide bonds. The smallest absolute Gasteiger partial charge is 0.284 e. The van der Waals surface area contributed by atoms with Crippen molar-refractivity contribution >= 4 is 34.2 Å². The van der Waals surface area contributed by atoms with E-state index in [0.29, 0.717) is 11.5 Å². The predicted molar refractivity (Wildman–Crippen MR) is 98.7 cm³/mol. The van der Waals surface area contributed by atoms with Crippen LogP contribution in [-0.4, -0.2) is 24.8 Å². The van der Waals surface area contributed by atoms with E-state index in [1.165, 1.54) is 0 Å². The van der Waals surface area contributed by atoms with Gasteiger partial charge in [-0.25, -0.2) is 5.43 Å². The Balaban J connectivity index is 1.46. The Bertz CT molecular complexity index is 964. The van der Waals surface area contributed by atoms with Crippen molar-refractivity contribution in [2.75, 3.05) is 6.61 Å². The van der Waals surface area contributed by atoms with Crippen molar-refractivity contribution in [2.24, 2.45) is 5.10 Å². The Hall–Kier alpha value is -2.86. The number of rotatable bonds is 3. The summed E-state index contributed by atoms with van der Waals surface area (Å²) in [6, 6.07) is 13.8. The number of nitrogens with zero attached hydrogens (tertiary/aromatic N) is 1. The van der Waals surface area contributed by atoms with Crippen LogP contribution in [0.4, 0.5) is 0 Å². The number of carbonyl (C=O) groups excluding carboxylic acids is 1. The van der Waals surface area contributed by atoms with Crippen LogP contribution in [0.1, 0.15) is 10.4 Å². The molecule has 25 heavy (non-hydrogen) atoms. The molecule has 1 aromatic heterocycles. The van der Waals surface area contributed by atoms with Gasteiger partial charge in [-0.15, -0.1) is 11.3 Å². The number of fused-ring (bicyclic) bond motifs is 2. The van der Waals surface area contributed by atoms with Crippen molar-refractivity contribution in [3.8, 4) is 11.5 Å². The molecule has 0 saturated heterocycles. The van der Waals surface area contributed by atoms with Crippen molar-refractivity contribution in [1.29, 1.82) is 0 Å².